The number of halogens is 1. The number of hydrogen-bond acceptors (Lipinski definition) is 2. The molecule has 1 N–H and O–H groups in total. The number of likely N-dealkylation sites (tertiary alicyclic amines) is 1. The van der Waals surface area contributed by atoms with Crippen molar-refractivity contribution in [1.82, 2.24) is 10.2 Å². The standard InChI is InChI=1S/C16H23ClN2O/c1-3-18-11-13-6-8-19(9-7-13)16(20)15-10-14(17)5-4-12(15)2/h4-5,10,13,18H,3,6-9,11H2,1-2H3. The summed E-state index contributed by atoms with van der Waals surface area (Å²) in [6.45, 7) is 7.86. The van der Waals surface area contributed by atoms with Gasteiger partial charge in [-0.15, -0.1) is 0 Å². The topological polar surface area (TPSA) is 32.3 Å². The number of hydrogen-bond donors (Lipinski definition) is 1. The molecule has 0 aromatic heterocycles. The molecule has 0 aliphatic carbocycles. The van der Waals surface area contributed by atoms with Gasteiger partial charge >= 0.3 is 0 Å². The average molecular weight is 295 g/mol. The van der Waals surface area contributed by atoms with Gasteiger partial charge in [0.05, 0.1) is 0 Å². The predicted molar refractivity (Wildman–Crippen MR) is 83.4 cm³/mol. The maximum absolute atomic E-state index is 12.5. The highest BCUT2D eigenvalue weighted by molar-refractivity contribution is 6.31. The molecule has 1 aliphatic rings. The molecule has 1 heterocycles. The lowest BCUT2D eigenvalue weighted by molar-refractivity contribution is 0.0689. The highest BCUT2D eigenvalue weighted by Gasteiger charge is 2.24. The number of amides is 1. The normalized spacial score (nSPS) is 16.4. The van der Waals surface area contributed by atoms with Crippen LogP contribution in [0, 0.1) is 12.8 Å². The van der Waals surface area contributed by atoms with E-state index >= 15 is 0 Å². The second-order valence-corrected chi connectivity index (χ2v) is 5.94. The van der Waals surface area contributed by atoms with Gasteiger partial charge in [0.2, 0.25) is 0 Å². The molecular weight excluding hydrogens is 272 g/mol. The Balaban J connectivity index is 1.96. The Morgan fingerprint density at radius 1 is 1.40 bits per heavy atom. The third kappa shape index (κ3) is 3.74. The maximum atomic E-state index is 12.5. The first-order chi connectivity index (χ1) is 9.61. The monoisotopic (exact) mass is 294 g/mol. The van der Waals surface area contributed by atoms with E-state index in [1.165, 1.54) is 0 Å². The van der Waals surface area contributed by atoms with Crippen molar-refractivity contribution in [3.63, 3.8) is 0 Å². The Kier molecular flexibility index (Phi) is 5.44. The Morgan fingerprint density at radius 3 is 2.75 bits per heavy atom. The minimum atomic E-state index is 0.118. The highest BCUT2D eigenvalue weighted by Crippen LogP contribution is 2.21. The lowest BCUT2D eigenvalue weighted by atomic mass is 9.96. The predicted octanol–water partition coefficient (Wildman–Crippen LogP) is 3.11. The molecule has 1 aromatic carbocycles. The lowest BCUT2D eigenvalue weighted by Gasteiger charge is -2.32. The summed E-state index contributed by atoms with van der Waals surface area (Å²) in [6, 6.07) is 5.52. The van der Waals surface area contributed by atoms with Crippen molar-refractivity contribution >= 4 is 17.5 Å². The highest BCUT2D eigenvalue weighted by atomic mass is 35.5. The maximum Gasteiger partial charge on any atom is 0.254 e. The van der Waals surface area contributed by atoms with Crippen LogP contribution in [0.5, 0.6) is 0 Å². The molecular formula is C16H23ClN2O. The molecule has 0 spiro atoms. The van der Waals surface area contributed by atoms with Gasteiger partial charge in [-0.1, -0.05) is 24.6 Å². The molecule has 4 heteroatoms. The number of nitrogens with zero attached hydrogens (tertiary/aromatic N) is 1. The smallest absolute Gasteiger partial charge is 0.254 e. The van der Waals surface area contributed by atoms with Crippen molar-refractivity contribution in [2.75, 3.05) is 26.2 Å². The number of rotatable bonds is 4. The second kappa shape index (κ2) is 7.09. The van der Waals surface area contributed by atoms with Crippen LogP contribution in [0.1, 0.15) is 35.7 Å². The molecule has 0 unspecified atom stereocenters. The van der Waals surface area contributed by atoms with Gasteiger partial charge in [-0.05, 0) is 56.5 Å². The average Bonchev–Trinajstić information content (AvgIpc) is 2.47. The number of carbonyl (C=O) groups is 1. The molecule has 1 fully saturated rings. The van der Waals surface area contributed by atoms with Crippen molar-refractivity contribution in [3.8, 4) is 0 Å². The van der Waals surface area contributed by atoms with E-state index in [4.69, 9.17) is 11.6 Å². The number of aryl methyl sites for hydroxylation is 1. The molecule has 0 atom stereocenters. The van der Waals surface area contributed by atoms with Gasteiger partial charge in [-0.3, -0.25) is 4.79 Å². The van der Waals surface area contributed by atoms with E-state index < -0.39 is 0 Å². The molecule has 0 bridgehead atoms. The molecule has 1 amide bonds. The summed E-state index contributed by atoms with van der Waals surface area (Å²) >= 11 is 6.00. The van der Waals surface area contributed by atoms with Crippen LogP contribution in [-0.2, 0) is 0 Å². The van der Waals surface area contributed by atoms with Crippen molar-refractivity contribution in [1.29, 1.82) is 0 Å². The number of piperidine rings is 1. The van der Waals surface area contributed by atoms with Crippen molar-refractivity contribution < 1.29 is 4.79 Å². The van der Waals surface area contributed by atoms with E-state index in [1.807, 2.05) is 24.0 Å². The zero-order valence-electron chi connectivity index (χ0n) is 12.3. The molecule has 3 nitrogen and oxygen atoms in total. The Labute approximate surface area is 126 Å². The van der Waals surface area contributed by atoms with E-state index in [0.717, 1.165) is 50.1 Å². The molecule has 1 aromatic rings. The van der Waals surface area contributed by atoms with Crippen LogP contribution < -0.4 is 5.32 Å². The fraction of sp³-hybridized carbons (Fsp3) is 0.562. The first-order valence-electron chi connectivity index (χ1n) is 7.38. The summed E-state index contributed by atoms with van der Waals surface area (Å²) < 4.78 is 0. The van der Waals surface area contributed by atoms with Crippen LogP contribution >= 0.6 is 11.6 Å². The summed E-state index contributed by atoms with van der Waals surface area (Å²) in [5, 5.41) is 4.02. The first kappa shape index (κ1) is 15.3. The van der Waals surface area contributed by atoms with Gasteiger partial charge in [-0.25, -0.2) is 0 Å². The minimum Gasteiger partial charge on any atom is -0.339 e. The summed E-state index contributed by atoms with van der Waals surface area (Å²) in [6.07, 6.45) is 2.16. The molecule has 1 aliphatic heterocycles. The Morgan fingerprint density at radius 2 is 2.10 bits per heavy atom. The fourth-order valence-electron chi connectivity index (χ4n) is 2.68. The van der Waals surface area contributed by atoms with Crippen molar-refractivity contribution in [3.05, 3.63) is 34.3 Å². The molecule has 110 valence electrons. The third-order valence-corrected chi connectivity index (χ3v) is 4.25. The molecule has 0 saturated carbocycles. The van der Waals surface area contributed by atoms with Crippen LogP contribution in [0.15, 0.2) is 18.2 Å². The zero-order chi connectivity index (χ0) is 14.5. The lowest BCUT2D eigenvalue weighted by Crippen LogP contribution is -2.41. The number of benzene rings is 1. The van der Waals surface area contributed by atoms with Gasteiger partial charge < -0.3 is 10.2 Å². The van der Waals surface area contributed by atoms with E-state index in [1.54, 1.807) is 6.07 Å². The van der Waals surface area contributed by atoms with Crippen LogP contribution in [0.25, 0.3) is 0 Å². The van der Waals surface area contributed by atoms with E-state index in [9.17, 15) is 4.79 Å². The van der Waals surface area contributed by atoms with Gasteiger partial charge in [0.25, 0.3) is 5.91 Å². The van der Waals surface area contributed by atoms with Gasteiger partial charge in [-0.2, -0.15) is 0 Å². The molecule has 0 radical (unpaired) electrons. The van der Waals surface area contributed by atoms with Gasteiger partial charge in [0.1, 0.15) is 0 Å². The van der Waals surface area contributed by atoms with Gasteiger partial charge in [0, 0.05) is 23.7 Å². The van der Waals surface area contributed by atoms with Gasteiger partial charge in [0.15, 0.2) is 0 Å². The first-order valence-corrected chi connectivity index (χ1v) is 7.75. The molecule has 2 rings (SSSR count). The van der Waals surface area contributed by atoms with Crippen LogP contribution in [-0.4, -0.2) is 37.0 Å². The Hall–Kier alpha value is -1.06. The minimum absolute atomic E-state index is 0.118. The SMILES string of the molecule is CCNCC1CCN(C(=O)c2cc(Cl)ccc2C)CC1. The second-order valence-electron chi connectivity index (χ2n) is 5.50. The summed E-state index contributed by atoms with van der Waals surface area (Å²) in [5.41, 5.74) is 1.73. The summed E-state index contributed by atoms with van der Waals surface area (Å²) in [5.74, 6) is 0.811. The summed E-state index contributed by atoms with van der Waals surface area (Å²) in [7, 11) is 0. The Bertz CT molecular complexity index is 468. The molecule has 20 heavy (non-hydrogen) atoms. The zero-order valence-corrected chi connectivity index (χ0v) is 13.0. The molecule has 1 saturated heterocycles. The van der Waals surface area contributed by atoms with E-state index in [0.29, 0.717) is 10.9 Å². The van der Waals surface area contributed by atoms with E-state index in [-0.39, 0.29) is 5.91 Å². The van der Waals surface area contributed by atoms with Crippen molar-refractivity contribution in [2.24, 2.45) is 5.92 Å². The quantitative estimate of drug-likeness (QED) is 0.925. The van der Waals surface area contributed by atoms with E-state index in [2.05, 4.69) is 12.2 Å². The number of nitrogens with one attached hydrogen (secondary N) is 1. The van der Waals surface area contributed by atoms with Crippen molar-refractivity contribution in [2.45, 2.75) is 26.7 Å². The van der Waals surface area contributed by atoms with Crippen LogP contribution in [0.2, 0.25) is 5.02 Å². The van der Waals surface area contributed by atoms with Crippen LogP contribution in [0.3, 0.4) is 0 Å². The largest absolute Gasteiger partial charge is 0.339 e. The van der Waals surface area contributed by atoms with Crippen LogP contribution in [0.4, 0.5) is 0 Å². The summed E-state index contributed by atoms with van der Waals surface area (Å²) in [4.78, 5) is 14.5. The fourth-order valence-corrected chi connectivity index (χ4v) is 2.86. The number of carbonyl (C=O) groups excluding carboxylic acids is 1. The third-order valence-electron chi connectivity index (χ3n) is 4.01.